The van der Waals surface area contributed by atoms with Crippen molar-refractivity contribution in [3.05, 3.63) is 54.1 Å². The van der Waals surface area contributed by atoms with Gasteiger partial charge in [-0.1, -0.05) is 30.3 Å². The van der Waals surface area contributed by atoms with Crippen molar-refractivity contribution in [2.45, 2.75) is 12.5 Å². The molecule has 0 bridgehead atoms. The minimum Gasteiger partial charge on any atom is -0.490 e. The van der Waals surface area contributed by atoms with Crippen molar-refractivity contribution < 1.29 is 14.2 Å². The van der Waals surface area contributed by atoms with Gasteiger partial charge in [0.15, 0.2) is 17.5 Å². The molecule has 0 fully saturated rings. The highest BCUT2D eigenvalue weighted by molar-refractivity contribution is 5.93. The second kappa shape index (κ2) is 9.10. The highest BCUT2D eigenvalue weighted by atomic mass is 16.5. The van der Waals surface area contributed by atoms with Gasteiger partial charge in [0.05, 0.1) is 19.3 Å². The van der Waals surface area contributed by atoms with E-state index >= 15 is 0 Å². The minimum atomic E-state index is -0.0569. The Morgan fingerprint density at radius 3 is 2.62 bits per heavy atom. The molecule has 0 radical (unpaired) electrons. The minimum absolute atomic E-state index is 0.0569. The van der Waals surface area contributed by atoms with Gasteiger partial charge in [-0.3, -0.25) is 4.99 Å². The van der Waals surface area contributed by atoms with Gasteiger partial charge in [-0.25, -0.2) is 0 Å². The van der Waals surface area contributed by atoms with Crippen LogP contribution in [0.3, 0.4) is 0 Å². The van der Waals surface area contributed by atoms with E-state index in [1.807, 2.05) is 36.4 Å². The molecule has 1 unspecified atom stereocenters. The van der Waals surface area contributed by atoms with Crippen molar-refractivity contribution in [3.8, 4) is 11.5 Å². The molecule has 0 aromatic heterocycles. The number of fused-ring (bicyclic) bond motifs is 1. The summed E-state index contributed by atoms with van der Waals surface area (Å²) in [7, 11) is 3.45. The van der Waals surface area contributed by atoms with Crippen LogP contribution in [0, 0.1) is 0 Å². The lowest BCUT2D eigenvalue weighted by Gasteiger charge is -2.19. The topological polar surface area (TPSA) is 64.1 Å². The van der Waals surface area contributed by atoms with Crippen LogP contribution in [0.1, 0.15) is 18.1 Å². The first-order valence-corrected chi connectivity index (χ1v) is 8.75. The molecule has 1 heterocycles. The Hall–Kier alpha value is -2.73. The maximum atomic E-state index is 5.73. The van der Waals surface area contributed by atoms with Gasteiger partial charge in [0.25, 0.3) is 0 Å². The zero-order chi connectivity index (χ0) is 18.2. The number of hydrogen-bond acceptors (Lipinski definition) is 4. The van der Waals surface area contributed by atoms with E-state index in [1.54, 1.807) is 14.2 Å². The van der Waals surface area contributed by atoms with E-state index in [-0.39, 0.29) is 6.10 Å². The Labute approximate surface area is 154 Å². The van der Waals surface area contributed by atoms with Crippen LogP contribution in [0.15, 0.2) is 53.5 Å². The molecule has 26 heavy (non-hydrogen) atoms. The van der Waals surface area contributed by atoms with Crippen molar-refractivity contribution >= 4 is 11.6 Å². The molecule has 1 aliphatic rings. The summed E-state index contributed by atoms with van der Waals surface area (Å²) in [6.45, 7) is 1.95. The lowest BCUT2D eigenvalue weighted by Crippen LogP contribution is -2.34. The molecule has 6 heteroatoms. The van der Waals surface area contributed by atoms with Gasteiger partial charge in [0.2, 0.25) is 0 Å². The summed E-state index contributed by atoms with van der Waals surface area (Å²) in [5.74, 6) is 2.19. The van der Waals surface area contributed by atoms with Gasteiger partial charge in [0.1, 0.15) is 0 Å². The fourth-order valence-corrected chi connectivity index (χ4v) is 2.75. The smallest absolute Gasteiger partial charge is 0.195 e. The molecule has 6 nitrogen and oxygen atoms in total. The largest absolute Gasteiger partial charge is 0.490 e. The zero-order valence-electron chi connectivity index (χ0n) is 15.2. The van der Waals surface area contributed by atoms with Crippen molar-refractivity contribution in [1.82, 2.24) is 5.32 Å². The highest BCUT2D eigenvalue weighted by Crippen LogP contribution is 2.32. The Balaban J connectivity index is 1.62. The molecule has 2 aromatic carbocycles. The quantitative estimate of drug-likeness (QED) is 0.637. The van der Waals surface area contributed by atoms with E-state index < -0.39 is 0 Å². The van der Waals surface area contributed by atoms with Gasteiger partial charge in [-0.05, 0) is 17.7 Å². The van der Waals surface area contributed by atoms with Crippen molar-refractivity contribution in [2.24, 2.45) is 4.99 Å². The molecular weight excluding hydrogens is 330 g/mol. The van der Waals surface area contributed by atoms with E-state index in [2.05, 4.69) is 27.8 Å². The van der Waals surface area contributed by atoms with E-state index in [4.69, 9.17) is 14.2 Å². The molecule has 1 atom stereocenters. The number of nitrogens with zero attached hydrogens (tertiary/aromatic N) is 1. The van der Waals surface area contributed by atoms with Crippen LogP contribution in [-0.2, 0) is 4.74 Å². The molecule has 0 spiro atoms. The summed E-state index contributed by atoms with van der Waals surface area (Å²) in [6.07, 6.45) is 0.831. The predicted molar refractivity (Wildman–Crippen MR) is 103 cm³/mol. The second-order valence-corrected chi connectivity index (χ2v) is 5.93. The van der Waals surface area contributed by atoms with E-state index in [1.165, 1.54) is 0 Å². The third kappa shape index (κ3) is 4.67. The fourth-order valence-electron chi connectivity index (χ4n) is 2.75. The Morgan fingerprint density at radius 1 is 1.12 bits per heavy atom. The van der Waals surface area contributed by atoms with Crippen molar-refractivity contribution in [3.63, 3.8) is 0 Å². The number of ether oxygens (including phenoxy) is 3. The number of hydrogen-bond donors (Lipinski definition) is 2. The van der Waals surface area contributed by atoms with Crippen LogP contribution >= 0.6 is 0 Å². The summed E-state index contributed by atoms with van der Waals surface area (Å²) >= 11 is 0. The van der Waals surface area contributed by atoms with E-state index in [9.17, 15) is 0 Å². The molecule has 0 aliphatic carbocycles. The van der Waals surface area contributed by atoms with Crippen LogP contribution in [0.25, 0.3) is 0 Å². The monoisotopic (exact) mass is 355 g/mol. The fraction of sp³-hybridized carbons (Fsp3) is 0.350. The molecule has 0 saturated carbocycles. The molecule has 0 amide bonds. The van der Waals surface area contributed by atoms with E-state index in [0.29, 0.717) is 25.7 Å². The second-order valence-electron chi connectivity index (χ2n) is 5.93. The Kier molecular flexibility index (Phi) is 6.33. The van der Waals surface area contributed by atoms with Crippen LogP contribution in [-0.4, -0.2) is 39.9 Å². The van der Waals surface area contributed by atoms with E-state index in [0.717, 1.165) is 29.2 Å². The summed E-state index contributed by atoms with van der Waals surface area (Å²) in [5.41, 5.74) is 2.00. The maximum absolute atomic E-state index is 5.73. The van der Waals surface area contributed by atoms with Crippen molar-refractivity contribution in [2.75, 3.05) is 39.2 Å². The molecule has 138 valence electrons. The van der Waals surface area contributed by atoms with Gasteiger partial charge >= 0.3 is 0 Å². The van der Waals surface area contributed by atoms with Crippen LogP contribution in [0.4, 0.5) is 5.69 Å². The first kappa shape index (κ1) is 18.1. The standard InChI is InChI=1S/C20H25N3O3/c1-21-20(22-14-19(24-2)15-7-4-3-5-8-15)23-16-9-10-17-18(13-16)26-12-6-11-25-17/h3-5,7-10,13,19H,6,11-12,14H2,1-2H3,(H2,21,22,23). The SMILES string of the molecule is CN=C(NCC(OC)c1ccccc1)Nc1ccc2c(c1)OCCCO2. The first-order chi connectivity index (χ1) is 12.8. The summed E-state index contributed by atoms with van der Waals surface area (Å²) < 4.78 is 17.0. The predicted octanol–water partition coefficient (Wildman–Crippen LogP) is 3.22. The number of rotatable bonds is 5. The summed E-state index contributed by atoms with van der Waals surface area (Å²) in [4.78, 5) is 4.28. The average molecular weight is 355 g/mol. The van der Waals surface area contributed by atoms with Gasteiger partial charge in [-0.2, -0.15) is 0 Å². The number of benzene rings is 2. The van der Waals surface area contributed by atoms with Gasteiger partial charge in [0, 0.05) is 38.9 Å². The molecule has 1 aliphatic heterocycles. The summed E-state index contributed by atoms with van der Waals surface area (Å²) in [5, 5.41) is 6.58. The normalized spacial score (nSPS) is 15.1. The molecular formula is C20H25N3O3. The molecule has 3 rings (SSSR count). The molecule has 0 saturated heterocycles. The third-order valence-electron chi connectivity index (χ3n) is 4.14. The number of aliphatic imine (C=N–C) groups is 1. The Morgan fingerprint density at radius 2 is 1.88 bits per heavy atom. The van der Waals surface area contributed by atoms with Crippen LogP contribution in [0.2, 0.25) is 0 Å². The Bertz CT molecular complexity index is 734. The third-order valence-corrected chi connectivity index (χ3v) is 4.14. The molecule has 2 aromatic rings. The van der Waals surface area contributed by atoms with Crippen molar-refractivity contribution in [1.29, 1.82) is 0 Å². The number of guanidine groups is 1. The maximum Gasteiger partial charge on any atom is 0.195 e. The number of anilines is 1. The van der Waals surface area contributed by atoms with Gasteiger partial charge in [-0.15, -0.1) is 0 Å². The molecule has 2 N–H and O–H groups in total. The number of nitrogens with one attached hydrogen (secondary N) is 2. The average Bonchev–Trinajstić information content (AvgIpc) is 2.93. The first-order valence-electron chi connectivity index (χ1n) is 8.75. The number of methoxy groups -OCH3 is 1. The highest BCUT2D eigenvalue weighted by Gasteiger charge is 2.13. The lowest BCUT2D eigenvalue weighted by molar-refractivity contribution is 0.106. The lowest BCUT2D eigenvalue weighted by atomic mass is 10.1. The zero-order valence-corrected chi connectivity index (χ0v) is 15.2. The van der Waals surface area contributed by atoms with Gasteiger partial charge < -0.3 is 24.8 Å². The van der Waals surface area contributed by atoms with Crippen LogP contribution < -0.4 is 20.1 Å². The summed E-state index contributed by atoms with van der Waals surface area (Å²) in [6, 6.07) is 15.9. The van der Waals surface area contributed by atoms with Crippen LogP contribution in [0.5, 0.6) is 11.5 Å².